The van der Waals surface area contributed by atoms with Crippen molar-refractivity contribution >= 4 is 0 Å². The number of rotatable bonds is 2. The van der Waals surface area contributed by atoms with Crippen LogP contribution in [0.2, 0.25) is 0 Å². The molecule has 0 unspecified atom stereocenters. The van der Waals surface area contributed by atoms with Gasteiger partial charge in [-0.25, -0.2) is 4.39 Å². The molecule has 78 valence electrons. The predicted octanol–water partition coefficient (Wildman–Crippen LogP) is 1.01. The fourth-order valence-electron chi connectivity index (χ4n) is 1.26. The van der Waals surface area contributed by atoms with E-state index in [9.17, 15) is 9.50 Å². The minimum Gasteiger partial charge on any atom is -0.507 e. The number of nitrogens with two attached hydrogens (primary N) is 1. The molecule has 0 saturated carbocycles. The Kier molecular flexibility index (Phi) is 2.78. The Morgan fingerprint density at radius 2 is 2.07 bits per heavy atom. The van der Waals surface area contributed by atoms with E-state index in [2.05, 4.69) is 0 Å². The Morgan fingerprint density at radius 1 is 1.50 bits per heavy atom. The lowest BCUT2D eigenvalue weighted by Crippen LogP contribution is -2.37. The summed E-state index contributed by atoms with van der Waals surface area (Å²) >= 11 is 0. The second-order valence-electron chi connectivity index (χ2n) is 3.69. The molecule has 0 amide bonds. The Hall–Kier alpha value is -1.13. The smallest absolute Gasteiger partial charge is 0.124 e. The maximum Gasteiger partial charge on any atom is 0.124 e. The zero-order valence-electron chi connectivity index (χ0n) is 8.21. The average molecular weight is 199 g/mol. The van der Waals surface area contributed by atoms with Crippen LogP contribution in [0, 0.1) is 12.7 Å². The minimum atomic E-state index is -1.13. The van der Waals surface area contributed by atoms with E-state index in [1.54, 1.807) is 6.92 Å². The molecule has 14 heavy (non-hydrogen) atoms. The number of aromatic hydroxyl groups is 1. The third kappa shape index (κ3) is 1.86. The minimum absolute atomic E-state index is 0.0644. The summed E-state index contributed by atoms with van der Waals surface area (Å²) in [5.74, 6) is -0.536. The third-order valence-electron chi connectivity index (χ3n) is 2.21. The van der Waals surface area contributed by atoms with Crippen LogP contribution in [0.25, 0.3) is 0 Å². The number of aliphatic hydroxyl groups excluding tert-OH is 1. The number of aliphatic hydroxyl groups is 1. The first kappa shape index (κ1) is 10.9. The van der Waals surface area contributed by atoms with Crippen LogP contribution in [-0.2, 0) is 5.54 Å². The number of hydrogen-bond donors (Lipinski definition) is 3. The van der Waals surface area contributed by atoms with Gasteiger partial charge in [0.15, 0.2) is 0 Å². The van der Waals surface area contributed by atoms with Crippen LogP contribution >= 0.6 is 0 Å². The van der Waals surface area contributed by atoms with Gasteiger partial charge in [0.2, 0.25) is 0 Å². The largest absolute Gasteiger partial charge is 0.507 e. The lowest BCUT2D eigenvalue weighted by Gasteiger charge is -2.24. The summed E-state index contributed by atoms with van der Waals surface area (Å²) in [7, 11) is 0. The Bertz CT molecular complexity index is 350. The van der Waals surface area contributed by atoms with Gasteiger partial charge in [0.1, 0.15) is 11.6 Å². The van der Waals surface area contributed by atoms with Crippen molar-refractivity contribution in [1.29, 1.82) is 0 Å². The molecule has 0 heterocycles. The molecular formula is C10H14FNO2. The second-order valence-corrected chi connectivity index (χ2v) is 3.69. The molecule has 1 aromatic carbocycles. The van der Waals surface area contributed by atoms with Crippen LogP contribution in [0.4, 0.5) is 4.39 Å². The van der Waals surface area contributed by atoms with Gasteiger partial charge in [-0.05, 0) is 31.5 Å². The monoisotopic (exact) mass is 199 g/mol. The van der Waals surface area contributed by atoms with Gasteiger partial charge in [0.05, 0.1) is 12.1 Å². The van der Waals surface area contributed by atoms with E-state index in [0.29, 0.717) is 5.56 Å². The third-order valence-corrected chi connectivity index (χ3v) is 2.21. The number of halogens is 1. The van der Waals surface area contributed by atoms with Crippen molar-refractivity contribution in [3.63, 3.8) is 0 Å². The summed E-state index contributed by atoms with van der Waals surface area (Å²) in [5.41, 5.74) is 5.20. The van der Waals surface area contributed by atoms with E-state index in [-0.39, 0.29) is 17.9 Å². The maximum atomic E-state index is 13.0. The highest BCUT2D eigenvalue weighted by Gasteiger charge is 2.25. The lowest BCUT2D eigenvalue weighted by atomic mass is 9.91. The van der Waals surface area contributed by atoms with E-state index in [1.807, 2.05) is 0 Å². The van der Waals surface area contributed by atoms with Crippen LogP contribution < -0.4 is 5.73 Å². The van der Waals surface area contributed by atoms with E-state index in [0.717, 1.165) is 6.07 Å². The molecule has 0 aliphatic carbocycles. The fourth-order valence-corrected chi connectivity index (χ4v) is 1.26. The Labute approximate surface area is 82.0 Å². The zero-order chi connectivity index (χ0) is 10.9. The highest BCUT2D eigenvalue weighted by atomic mass is 19.1. The van der Waals surface area contributed by atoms with Crippen molar-refractivity contribution < 1.29 is 14.6 Å². The molecule has 4 N–H and O–H groups in total. The first-order valence-corrected chi connectivity index (χ1v) is 4.28. The van der Waals surface area contributed by atoms with E-state index in [4.69, 9.17) is 10.8 Å². The van der Waals surface area contributed by atoms with Crippen molar-refractivity contribution in [2.45, 2.75) is 19.4 Å². The summed E-state index contributed by atoms with van der Waals surface area (Å²) in [6.07, 6.45) is 0. The number of aryl methyl sites for hydroxylation is 1. The number of benzene rings is 1. The molecular weight excluding hydrogens is 185 g/mol. The van der Waals surface area contributed by atoms with Crippen LogP contribution in [0.1, 0.15) is 18.1 Å². The Morgan fingerprint density at radius 3 is 2.57 bits per heavy atom. The van der Waals surface area contributed by atoms with Gasteiger partial charge in [0, 0.05) is 5.56 Å². The van der Waals surface area contributed by atoms with Crippen molar-refractivity contribution in [1.82, 2.24) is 0 Å². The molecule has 0 aromatic heterocycles. The molecule has 0 aliphatic heterocycles. The summed E-state index contributed by atoms with van der Waals surface area (Å²) < 4.78 is 13.0. The topological polar surface area (TPSA) is 66.5 Å². The summed E-state index contributed by atoms with van der Waals surface area (Å²) in [4.78, 5) is 0. The van der Waals surface area contributed by atoms with Crippen LogP contribution in [0.15, 0.2) is 12.1 Å². The molecule has 1 rings (SSSR count). The molecule has 1 atom stereocenters. The van der Waals surface area contributed by atoms with Gasteiger partial charge < -0.3 is 15.9 Å². The summed E-state index contributed by atoms with van der Waals surface area (Å²) in [5, 5.41) is 18.6. The molecule has 0 bridgehead atoms. The number of hydrogen-bond acceptors (Lipinski definition) is 3. The number of phenolic OH excluding ortho intramolecular Hbond substituents is 1. The van der Waals surface area contributed by atoms with Gasteiger partial charge in [-0.1, -0.05) is 0 Å². The molecule has 3 nitrogen and oxygen atoms in total. The van der Waals surface area contributed by atoms with Crippen LogP contribution in [0.5, 0.6) is 5.75 Å². The van der Waals surface area contributed by atoms with Crippen molar-refractivity contribution in [3.05, 3.63) is 29.1 Å². The normalized spacial score (nSPS) is 15.2. The quantitative estimate of drug-likeness (QED) is 0.665. The first-order valence-electron chi connectivity index (χ1n) is 4.28. The Balaban J connectivity index is 3.34. The van der Waals surface area contributed by atoms with Gasteiger partial charge in [0.25, 0.3) is 0 Å². The zero-order valence-corrected chi connectivity index (χ0v) is 8.21. The van der Waals surface area contributed by atoms with Gasteiger partial charge >= 0.3 is 0 Å². The van der Waals surface area contributed by atoms with Crippen molar-refractivity contribution in [3.8, 4) is 5.75 Å². The van der Waals surface area contributed by atoms with E-state index >= 15 is 0 Å². The number of phenols is 1. The molecule has 0 aliphatic rings. The molecule has 1 aromatic rings. The van der Waals surface area contributed by atoms with Crippen molar-refractivity contribution in [2.75, 3.05) is 6.61 Å². The molecule has 0 saturated heterocycles. The van der Waals surface area contributed by atoms with Gasteiger partial charge in [-0.3, -0.25) is 0 Å². The van der Waals surface area contributed by atoms with Gasteiger partial charge in [-0.2, -0.15) is 0 Å². The van der Waals surface area contributed by atoms with Crippen LogP contribution in [-0.4, -0.2) is 16.8 Å². The predicted molar refractivity (Wildman–Crippen MR) is 51.4 cm³/mol. The highest BCUT2D eigenvalue weighted by molar-refractivity contribution is 5.43. The summed E-state index contributed by atoms with van der Waals surface area (Å²) in [6, 6.07) is 2.35. The SMILES string of the molecule is Cc1cc(F)cc([C@@](C)(N)CO)c1O. The molecule has 0 fully saturated rings. The standard InChI is InChI=1S/C10H14FNO2/c1-6-3-7(11)4-8(9(6)14)10(2,12)5-13/h3-4,13-14H,5,12H2,1-2H3/t10-/m0/s1. The maximum absolute atomic E-state index is 13.0. The van der Waals surface area contributed by atoms with Gasteiger partial charge in [-0.15, -0.1) is 0 Å². The summed E-state index contributed by atoms with van der Waals surface area (Å²) in [6.45, 7) is 2.75. The fraction of sp³-hybridized carbons (Fsp3) is 0.400. The molecule has 0 spiro atoms. The second kappa shape index (κ2) is 3.55. The van der Waals surface area contributed by atoms with E-state index < -0.39 is 11.4 Å². The molecule has 4 heteroatoms. The van der Waals surface area contributed by atoms with Crippen LogP contribution in [0.3, 0.4) is 0 Å². The highest BCUT2D eigenvalue weighted by Crippen LogP contribution is 2.30. The molecule has 0 radical (unpaired) electrons. The lowest BCUT2D eigenvalue weighted by molar-refractivity contribution is 0.206. The average Bonchev–Trinajstić information content (AvgIpc) is 2.11. The van der Waals surface area contributed by atoms with E-state index in [1.165, 1.54) is 13.0 Å². The first-order chi connectivity index (χ1) is 6.38. The van der Waals surface area contributed by atoms with Crippen molar-refractivity contribution in [2.24, 2.45) is 5.73 Å².